The van der Waals surface area contributed by atoms with Crippen LogP contribution >= 0.6 is 0 Å². The first-order valence-corrected chi connectivity index (χ1v) is 18.7. The standard InChI is InChI=1S/C46H36N4O6/c51-44-41(27-38-35-17-8-7-15-32(35)18-19-42(38)56-28-29-10-9-16-33(24-29)50(54)55)45(52)49(46(53)47-44)34-25-39-36(30-11-3-1-4-12-30)20-22-48-23-21-37(40(26-34)43(39)48)31-13-5-2-6-14-31/h1-19,24-27,36-37H,20-23,28H2,(H,47,51,53)/b41-27+/t36-,37-/m0/s1. The summed E-state index contributed by atoms with van der Waals surface area (Å²) in [6, 6.07) is 41.0. The number of carbonyl (C=O) groups excluding carboxylic acids is 3. The second-order valence-electron chi connectivity index (χ2n) is 14.3. The molecule has 3 heterocycles. The zero-order chi connectivity index (χ0) is 38.3. The Kier molecular flexibility index (Phi) is 8.85. The molecule has 1 saturated heterocycles. The second kappa shape index (κ2) is 14.3. The SMILES string of the molecule is O=C1NC(=O)N(c2cc3c4c(c2)[C@H](c2ccccc2)CCN4CC[C@H]3c2ccccc2)C(=O)/C1=C/c1c(OCc2cccc([N+](=O)[O-])c2)ccc2ccccc12. The number of nitrogens with one attached hydrogen (secondary N) is 1. The molecule has 0 radical (unpaired) electrons. The summed E-state index contributed by atoms with van der Waals surface area (Å²) in [5.41, 5.74) is 6.70. The summed E-state index contributed by atoms with van der Waals surface area (Å²) in [4.78, 5) is 56.6. The predicted molar refractivity (Wildman–Crippen MR) is 215 cm³/mol. The molecule has 276 valence electrons. The monoisotopic (exact) mass is 740 g/mol. The lowest BCUT2D eigenvalue weighted by atomic mass is 9.76. The van der Waals surface area contributed by atoms with Crippen molar-refractivity contribution in [1.82, 2.24) is 5.32 Å². The van der Waals surface area contributed by atoms with E-state index < -0.39 is 22.8 Å². The van der Waals surface area contributed by atoms with E-state index in [1.165, 1.54) is 18.2 Å². The second-order valence-corrected chi connectivity index (χ2v) is 14.3. The van der Waals surface area contributed by atoms with Crippen molar-refractivity contribution < 1.29 is 24.0 Å². The van der Waals surface area contributed by atoms with Crippen LogP contribution in [0.25, 0.3) is 16.8 Å². The van der Waals surface area contributed by atoms with E-state index in [9.17, 15) is 24.5 Å². The van der Waals surface area contributed by atoms with E-state index in [4.69, 9.17) is 4.74 Å². The van der Waals surface area contributed by atoms with Gasteiger partial charge in [0.2, 0.25) is 0 Å². The predicted octanol–water partition coefficient (Wildman–Crippen LogP) is 8.87. The largest absolute Gasteiger partial charge is 0.488 e. The van der Waals surface area contributed by atoms with Crippen LogP contribution in [0.2, 0.25) is 0 Å². The van der Waals surface area contributed by atoms with Crippen LogP contribution in [0.15, 0.2) is 139 Å². The van der Waals surface area contributed by atoms with Gasteiger partial charge in [-0.25, -0.2) is 9.69 Å². The molecule has 0 unspecified atom stereocenters. The first-order chi connectivity index (χ1) is 27.3. The molecule has 4 amide bonds. The van der Waals surface area contributed by atoms with Crippen LogP contribution in [0.1, 0.15) is 58.1 Å². The number of hydrogen-bond donors (Lipinski definition) is 1. The number of urea groups is 1. The summed E-state index contributed by atoms with van der Waals surface area (Å²) in [5.74, 6) is -1.13. The Labute approximate surface area is 322 Å². The highest BCUT2D eigenvalue weighted by atomic mass is 16.6. The Morgan fingerprint density at radius 2 is 1.39 bits per heavy atom. The fourth-order valence-electron chi connectivity index (χ4n) is 8.48. The molecule has 9 rings (SSSR count). The van der Waals surface area contributed by atoms with Crippen LogP contribution in [0.4, 0.5) is 21.9 Å². The lowest BCUT2D eigenvalue weighted by Gasteiger charge is -2.44. The maximum atomic E-state index is 14.7. The van der Waals surface area contributed by atoms with Crippen molar-refractivity contribution in [2.45, 2.75) is 31.3 Å². The number of non-ortho nitro benzene ring substituents is 1. The summed E-state index contributed by atoms with van der Waals surface area (Å²) in [6.45, 7) is 1.78. The van der Waals surface area contributed by atoms with Gasteiger partial charge in [-0.2, -0.15) is 0 Å². The van der Waals surface area contributed by atoms with Gasteiger partial charge in [0.25, 0.3) is 17.5 Å². The van der Waals surface area contributed by atoms with Gasteiger partial charge in [-0.15, -0.1) is 0 Å². The van der Waals surface area contributed by atoms with Crippen LogP contribution in [-0.2, 0) is 16.2 Å². The van der Waals surface area contributed by atoms with E-state index in [2.05, 4.69) is 34.5 Å². The Morgan fingerprint density at radius 1 is 0.750 bits per heavy atom. The first kappa shape index (κ1) is 34.7. The number of anilines is 2. The van der Waals surface area contributed by atoms with E-state index >= 15 is 0 Å². The Balaban J connectivity index is 1.16. The van der Waals surface area contributed by atoms with Crippen molar-refractivity contribution in [2.75, 3.05) is 22.9 Å². The highest BCUT2D eigenvalue weighted by molar-refractivity contribution is 6.39. The first-order valence-electron chi connectivity index (χ1n) is 18.7. The Hall–Kier alpha value is -7.07. The zero-order valence-corrected chi connectivity index (χ0v) is 30.3. The van der Waals surface area contributed by atoms with Crippen LogP contribution in [0, 0.1) is 10.1 Å². The summed E-state index contributed by atoms with van der Waals surface area (Å²) < 4.78 is 6.23. The highest BCUT2D eigenvalue weighted by Gasteiger charge is 2.41. The molecule has 6 aromatic carbocycles. The molecule has 1 fully saturated rings. The molecule has 0 aromatic heterocycles. The number of nitro benzene ring substituents is 1. The molecule has 10 heteroatoms. The molecule has 6 aromatic rings. The van der Waals surface area contributed by atoms with Gasteiger partial charge in [0.15, 0.2) is 0 Å². The number of hydrogen-bond acceptors (Lipinski definition) is 7. The number of rotatable bonds is 8. The Bertz CT molecular complexity index is 2520. The molecule has 1 N–H and O–H groups in total. The average molecular weight is 741 g/mol. The van der Waals surface area contributed by atoms with Crippen LogP contribution in [0.5, 0.6) is 5.75 Å². The number of ether oxygens (including phenoxy) is 1. The molecule has 10 nitrogen and oxygen atoms in total. The number of barbiturate groups is 1. The molecule has 0 bridgehead atoms. The molecular weight excluding hydrogens is 705 g/mol. The fourth-order valence-corrected chi connectivity index (χ4v) is 8.48. The van der Waals surface area contributed by atoms with Crippen LogP contribution in [0.3, 0.4) is 0 Å². The maximum absolute atomic E-state index is 14.7. The summed E-state index contributed by atoms with van der Waals surface area (Å²) >= 11 is 0. The quantitative estimate of drug-likeness (QED) is 0.0716. The fraction of sp³-hybridized carbons (Fsp3) is 0.152. The van der Waals surface area contributed by atoms with Crippen molar-refractivity contribution in [3.63, 3.8) is 0 Å². The summed E-state index contributed by atoms with van der Waals surface area (Å²) in [6.07, 6.45) is 3.23. The van der Waals surface area contributed by atoms with Crippen molar-refractivity contribution in [3.05, 3.63) is 183 Å². The molecular formula is C46H36N4O6. The molecule has 0 spiro atoms. The smallest absolute Gasteiger partial charge is 0.335 e. The van der Waals surface area contributed by atoms with Gasteiger partial charge in [0.1, 0.15) is 17.9 Å². The van der Waals surface area contributed by atoms with E-state index in [0.717, 1.165) is 69.5 Å². The maximum Gasteiger partial charge on any atom is 0.335 e. The van der Waals surface area contributed by atoms with Crippen molar-refractivity contribution in [1.29, 1.82) is 0 Å². The van der Waals surface area contributed by atoms with Gasteiger partial charge < -0.3 is 9.64 Å². The molecule has 0 aliphatic carbocycles. The van der Waals surface area contributed by atoms with Crippen molar-refractivity contribution in [2.24, 2.45) is 0 Å². The van der Waals surface area contributed by atoms with E-state index in [1.54, 1.807) is 18.2 Å². The van der Waals surface area contributed by atoms with E-state index in [0.29, 0.717) is 22.6 Å². The van der Waals surface area contributed by atoms with Crippen molar-refractivity contribution >= 4 is 51.8 Å². The van der Waals surface area contributed by atoms with Crippen LogP contribution < -0.4 is 19.9 Å². The average Bonchev–Trinajstić information content (AvgIpc) is 3.22. The number of carbonyl (C=O) groups is 3. The minimum absolute atomic E-state index is 0.00102. The van der Waals surface area contributed by atoms with Gasteiger partial charge in [-0.05, 0) is 75.7 Å². The number of imide groups is 2. The summed E-state index contributed by atoms with van der Waals surface area (Å²) in [7, 11) is 0. The third kappa shape index (κ3) is 6.24. The number of fused-ring (bicyclic) bond motifs is 1. The highest BCUT2D eigenvalue weighted by Crippen LogP contribution is 2.50. The van der Waals surface area contributed by atoms with Gasteiger partial charge in [0, 0.05) is 48.3 Å². The van der Waals surface area contributed by atoms with Gasteiger partial charge in [0.05, 0.1) is 10.6 Å². The Morgan fingerprint density at radius 3 is 2.05 bits per heavy atom. The number of benzene rings is 6. The molecule has 56 heavy (non-hydrogen) atoms. The number of amides is 4. The van der Waals surface area contributed by atoms with Gasteiger partial charge in [-0.3, -0.25) is 25.0 Å². The van der Waals surface area contributed by atoms with Crippen LogP contribution in [-0.4, -0.2) is 35.9 Å². The molecule has 2 atom stereocenters. The lowest BCUT2D eigenvalue weighted by molar-refractivity contribution is -0.384. The molecule has 3 aliphatic heterocycles. The zero-order valence-electron chi connectivity index (χ0n) is 30.3. The van der Waals surface area contributed by atoms with E-state index in [-0.39, 0.29) is 29.7 Å². The lowest BCUT2D eigenvalue weighted by Crippen LogP contribution is -2.54. The minimum atomic E-state index is -0.819. The summed E-state index contributed by atoms with van der Waals surface area (Å²) in [5, 5.41) is 15.4. The van der Waals surface area contributed by atoms with E-state index in [1.807, 2.05) is 78.9 Å². The van der Waals surface area contributed by atoms with Gasteiger partial charge >= 0.3 is 6.03 Å². The minimum Gasteiger partial charge on any atom is -0.488 e. The van der Waals surface area contributed by atoms with Crippen molar-refractivity contribution in [3.8, 4) is 5.75 Å². The number of nitro groups is 1. The normalized spacial score (nSPS) is 18.5. The molecule has 3 aliphatic rings. The molecule has 0 saturated carbocycles. The third-order valence-electron chi connectivity index (χ3n) is 11.1. The van der Waals surface area contributed by atoms with Gasteiger partial charge in [-0.1, -0.05) is 103 Å². The topological polar surface area (TPSA) is 122 Å². The number of nitrogens with zero attached hydrogens (tertiary/aromatic N) is 3. The third-order valence-corrected chi connectivity index (χ3v) is 11.1.